The van der Waals surface area contributed by atoms with Crippen LogP contribution in [-0.2, 0) is 4.79 Å². The minimum absolute atomic E-state index is 0.292. The van der Waals surface area contributed by atoms with Crippen molar-refractivity contribution >= 4 is 5.97 Å². The lowest BCUT2D eigenvalue weighted by Gasteiger charge is -2.07. The molecule has 23 heavy (non-hydrogen) atoms. The van der Waals surface area contributed by atoms with Crippen LogP contribution in [0.15, 0.2) is 0 Å². The van der Waals surface area contributed by atoms with E-state index >= 15 is 0 Å². The SMILES string of the molecule is CCCCCCCCCCCCCCC(C(=O)O)c1nn[nH]n1. The third kappa shape index (κ3) is 9.31. The number of hydrogen-bond acceptors (Lipinski definition) is 4. The predicted molar refractivity (Wildman–Crippen MR) is 90.2 cm³/mol. The number of aromatic amines is 1. The van der Waals surface area contributed by atoms with Gasteiger partial charge in [-0.2, -0.15) is 5.21 Å². The highest BCUT2D eigenvalue weighted by atomic mass is 16.4. The van der Waals surface area contributed by atoms with Crippen LogP contribution in [0, 0.1) is 0 Å². The zero-order valence-corrected chi connectivity index (χ0v) is 14.5. The van der Waals surface area contributed by atoms with Crippen LogP contribution in [0.5, 0.6) is 0 Å². The standard InChI is InChI=1S/C17H32N4O2/c1-2-3-4-5-6-7-8-9-10-11-12-13-14-15(17(22)23)16-18-20-21-19-16/h15H,2-14H2,1H3,(H,22,23)(H,18,19,20,21). The number of nitrogens with zero attached hydrogens (tertiary/aromatic N) is 3. The molecule has 1 aromatic rings. The summed E-state index contributed by atoms with van der Waals surface area (Å²) >= 11 is 0. The highest BCUT2D eigenvalue weighted by Gasteiger charge is 2.23. The smallest absolute Gasteiger partial charge is 0.314 e. The Bertz CT molecular complexity index is 395. The van der Waals surface area contributed by atoms with E-state index in [-0.39, 0.29) is 0 Å². The summed E-state index contributed by atoms with van der Waals surface area (Å²) in [4.78, 5) is 11.2. The van der Waals surface area contributed by atoms with E-state index in [0.717, 1.165) is 12.8 Å². The van der Waals surface area contributed by atoms with Crippen molar-refractivity contribution in [3.05, 3.63) is 5.82 Å². The Kier molecular flexibility index (Phi) is 11.1. The van der Waals surface area contributed by atoms with Gasteiger partial charge in [0.2, 0.25) is 0 Å². The Morgan fingerprint density at radius 1 is 0.957 bits per heavy atom. The van der Waals surface area contributed by atoms with Crippen molar-refractivity contribution in [1.82, 2.24) is 20.6 Å². The molecule has 132 valence electrons. The second kappa shape index (κ2) is 13.0. The molecular formula is C17H32N4O2. The summed E-state index contributed by atoms with van der Waals surface area (Å²) in [5.74, 6) is -1.20. The molecule has 0 aliphatic rings. The topological polar surface area (TPSA) is 91.8 Å². The van der Waals surface area contributed by atoms with Crippen LogP contribution in [0.4, 0.5) is 0 Å². The zero-order valence-electron chi connectivity index (χ0n) is 14.5. The highest BCUT2D eigenvalue weighted by Crippen LogP contribution is 2.20. The molecule has 0 saturated heterocycles. The zero-order chi connectivity index (χ0) is 16.8. The number of aliphatic carboxylic acids is 1. The van der Waals surface area contributed by atoms with Gasteiger partial charge in [0.1, 0.15) is 5.92 Å². The number of tetrazole rings is 1. The van der Waals surface area contributed by atoms with Gasteiger partial charge in [0.15, 0.2) is 5.82 Å². The van der Waals surface area contributed by atoms with Crippen molar-refractivity contribution in [2.24, 2.45) is 0 Å². The first-order valence-corrected chi connectivity index (χ1v) is 9.21. The van der Waals surface area contributed by atoms with Crippen LogP contribution < -0.4 is 0 Å². The molecule has 0 bridgehead atoms. The molecular weight excluding hydrogens is 292 g/mol. The summed E-state index contributed by atoms with van der Waals surface area (Å²) in [7, 11) is 0. The number of aromatic nitrogens is 4. The molecule has 1 atom stereocenters. The van der Waals surface area contributed by atoms with Gasteiger partial charge in [-0.25, -0.2) is 0 Å². The Hall–Kier alpha value is -1.46. The Morgan fingerprint density at radius 3 is 1.91 bits per heavy atom. The van der Waals surface area contributed by atoms with Gasteiger partial charge in [-0.05, 0) is 6.42 Å². The molecule has 2 N–H and O–H groups in total. The third-order valence-corrected chi connectivity index (χ3v) is 4.32. The molecule has 0 saturated carbocycles. The van der Waals surface area contributed by atoms with Crippen molar-refractivity contribution in [3.8, 4) is 0 Å². The minimum atomic E-state index is -0.866. The van der Waals surface area contributed by atoms with E-state index in [0.29, 0.717) is 12.2 Å². The van der Waals surface area contributed by atoms with E-state index in [9.17, 15) is 9.90 Å². The van der Waals surface area contributed by atoms with E-state index < -0.39 is 11.9 Å². The molecule has 0 radical (unpaired) electrons. The Morgan fingerprint density at radius 2 is 1.48 bits per heavy atom. The van der Waals surface area contributed by atoms with Crippen molar-refractivity contribution in [1.29, 1.82) is 0 Å². The lowest BCUT2D eigenvalue weighted by Crippen LogP contribution is -2.13. The highest BCUT2D eigenvalue weighted by molar-refractivity contribution is 5.74. The van der Waals surface area contributed by atoms with Gasteiger partial charge in [0.05, 0.1) is 0 Å². The predicted octanol–water partition coefficient (Wildman–Crippen LogP) is 4.46. The first kappa shape index (κ1) is 19.6. The summed E-state index contributed by atoms with van der Waals surface area (Å²) in [6.07, 6.45) is 15.9. The molecule has 0 amide bonds. The first-order valence-electron chi connectivity index (χ1n) is 9.21. The van der Waals surface area contributed by atoms with E-state index in [2.05, 4.69) is 27.5 Å². The maximum absolute atomic E-state index is 11.2. The molecule has 0 fully saturated rings. The summed E-state index contributed by atoms with van der Waals surface area (Å²) in [6.45, 7) is 2.25. The molecule has 1 rings (SSSR count). The van der Waals surface area contributed by atoms with Crippen molar-refractivity contribution < 1.29 is 9.90 Å². The minimum Gasteiger partial charge on any atom is -0.481 e. The summed E-state index contributed by atoms with van der Waals surface area (Å²) in [6, 6.07) is 0. The van der Waals surface area contributed by atoms with Crippen LogP contribution in [0.25, 0.3) is 0 Å². The van der Waals surface area contributed by atoms with Gasteiger partial charge < -0.3 is 5.11 Å². The Labute approximate surface area is 139 Å². The van der Waals surface area contributed by atoms with E-state index in [1.54, 1.807) is 0 Å². The van der Waals surface area contributed by atoms with Gasteiger partial charge in [0, 0.05) is 0 Å². The molecule has 1 heterocycles. The molecule has 0 aliphatic heterocycles. The maximum Gasteiger partial charge on any atom is 0.314 e. The first-order chi connectivity index (χ1) is 11.3. The van der Waals surface area contributed by atoms with Crippen molar-refractivity contribution in [2.75, 3.05) is 0 Å². The largest absolute Gasteiger partial charge is 0.481 e. The summed E-state index contributed by atoms with van der Waals surface area (Å²) in [5.41, 5.74) is 0. The summed E-state index contributed by atoms with van der Waals surface area (Å²) in [5, 5.41) is 22.5. The van der Waals surface area contributed by atoms with Crippen molar-refractivity contribution in [3.63, 3.8) is 0 Å². The summed E-state index contributed by atoms with van der Waals surface area (Å²) < 4.78 is 0. The number of hydrogen-bond donors (Lipinski definition) is 2. The number of rotatable bonds is 15. The average molecular weight is 324 g/mol. The molecule has 1 unspecified atom stereocenters. The number of carboxylic acids is 1. The number of carboxylic acid groups (broad SMARTS) is 1. The molecule has 1 aromatic heterocycles. The number of carbonyl (C=O) groups is 1. The van der Waals surface area contributed by atoms with E-state index in [1.807, 2.05) is 0 Å². The number of nitrogens with one attached hydrogen (secondary N) is 1. The second-order valence-corrected chi connectivity index (χ2v) is 6.34. The monoisotopic (exact) mass is 324 g/mol. The maximum atomic E-state index is 11.2. The third-order valence-electron chi connectivity index (χ3n) is 4.32. The van der Waals surface area contributed by atoms with Gasteiger partial charge in [-0.3, -0.25) is 4.79 Å². The fourth-order valence-corrected chi connectivity index (χ4v) is 2.87. The lowest BCUT2D eigenvalue weighted by atomic mass is 9.99. The lowest BCUT2D eigenvalue weighted by molar-refractivity contribution is -0.139. The molecule has 6 nitrogen and oxygen atoms in total. The fourth-order valence-electron chi connectivity index (χ4n) is 2.87. The molecule has 6 heteroatoms. The van der Waals surface area contributed by atoms with Crippen LogP contribution in [0.2, 0.25) is 0 Å². The Balaban J connectivity index is 1.94. The molecule has 0 aromatic carbocycles. The van der Waals surface area contributed by atoms with Crippen LogP contribution in [-0.4, -0.2) is 31.7 Å². The van der Waals surface area contributed by atoms with Crippen LogP contribution >= 0.6 is 0 Å². The molecule has 0 spiro atoms. The number of H-pyrrole nitrogens is 1. The van der Waals surface area contributed by atoms with Gasteiger partial charge in [0.25, 0.3) is 0 Å². The van der Waals surface area contributed by atoms with E-state index in [1.165, 1.54) is 64.2 Å². The van der Waals surface area contributed by atoms with E-state index in [4.69, 9.17) is 0 Å². The van der Waals surface area contributed by atoms with Crippen LogP contribution in [0.3, 0.4) is 0 Å². The average Bonchev–Trinajstić information content (AvgIpc) is 3.05. The molecule has 0 aliphatic carbocycles. The van der Waals surface area contributed by atoms with Gasteiger partial charge in [-0.1, -0.05) is 89.2 Å². The second-order valence-electron chi connectivity index (χ2n) is 6.34. The number of unbranched alkanes of at least 4 members (excludes halogenated alkanes) is 11. The van der Waals surface area contributed by atoms with Crippen molar-refractivity contribution in [2.45, 2.75) is 96.3 Å². The van der Waals surface area contributed by atoms with Crippen LogP contribution in [0.1, 0.15) is 102 Å². The van der Waals surface area contributed by atoms with Gasteiger partial charge in [-0.15, -0.1) is 10.2 Å². The fraction of sp³-hybridized carbons (Fsp3) is 0.882. The normalized spacial score (nSPS) is 12.4. The quantitative estimate of drug-likeness (QED) is 0.465. The van der Waals surface area contributed by atoms with Gasteiger partial charge >= 0.3 is 5.97 Å².